The van der Waals surface area contributed by atoms with Crippen LogP contribution in [0.4, 0.5) is 0 Å². The second-order valence-electron chi connectivity index (χ2n) is 5.51. The monoisotopic (exact) mass is 293 g/mol. The van der Waals surface area contributed by atoms with E-state index >= 15 is 0 Å². The number of morpholine rings is 1. The minimum atomic E-state index is -0.267. The van der Waals surface area contributed by atoms with Crippen LogP contribution in [0, 0.1) is 0 Å². The van der Waals surface area contributed by atoms with Crippen molar-refractivity contribution in [3.63, 3.8) is 0 Å². The fourth-order valence-corrected chi connectivity index (χ4v) is 2.33. The first kappa shape index (κ1) is 15.8. The second-order valence-corrected chi connectivity index (χ2v) is 5.51. The molecule has 5 heteroatoms. The van der Waals surface area contributed by atoms with Gasteiger partial charge >= 0.3 is 0 Å². The molecule has 1 fully saturated rings. The molecule has 0 bridgehead atoms. The molecule has 1 heterocycles. The Morgan fingerprint density at radius 3 is 3.05 bits per heavy atom. The Morgan fingerprint density at radius 1 is 1.52 bits per heavy atom. The Bertz CT molecular complexity index is 475. The summed E-state index contributed by atoms with van der Waals surface area (Å²) in [5.41, 5.74) is 1.18. The van der Waals surface area contributed by atoms with Crippen molar-refractivity contribution in [2.75, 3.05) is 33.0 Å². The molecule has 1 aromatic rings. The van der Waals surface area contributed by atoms with Gasteiger partial charge in [-0.3, -0.25) is 4.79 Å². The van der Waals surface area contributed by atoms with Gasteiger partial charge in [-0.15, -0.1) is 0 Å². The molecule has 1 aliphatic rings. The van der Waals surface area contributed by atoms with Crippen molar-refractivity contribution in [2.24, 2.45) is 0 Å². The lowest BCUT2D eigenvalue weighted by atomic mass is 10.0. The van der Waals surface area contributed by atoms with Crippen LogP contribution in [0.2, 0.25) is 0 Å². The quantitative estimate of drug-likeness (QED) is 0.892. The van der Waals surface area contributed by atoms with Gasteiger partial charge in [0, 0.05) is 6.54 Å². The number of benzene rings is 1. The van der Waals surface area contributed by atoms with Crippen LogP contribution in [0.3, 0.4) is 0 Å². The van der Waals surface area contributed by atoms with Crippen molar-refractivity contribution >= 4 is 5.91 Å². The smallest absolute Gasteiger partial charge is 0.260 e. The predicted molar refractivity (Wildman–Crippen MR) is 79.4 cm³/mol. The number of rotatable bonds is 5. The predicted octanol–water partition coefficient (Wildman–Crippen LogP) is 1.41. The molecule has 1 amide bonds. The summed E-state index contributed by atoms with van der Waals surface area (Å²) in [6.07, 6.45) is 0. The molecule has 1 aliphatic heterocycles. The van der Waals surface area contributed by atoms with E-state index in [1.54, 1.807) is 4.90 Å². The van der Waals surface area contributed by atoms with E-state index in [4.69, 9.17) is 9.47 Å². The zero-order valence-electron chi connectivity index (χ0n) is 12.6. The zero-order valence-corrected chi connectivity index (χ0v) is 12.6. The first-order valence-corrected chi connectivity index (χ1v) is 7.32. The lowest BCUT2D eigenvalue weighted by Crippen LogP contribution is -2.51. The molecule has 2 rings (SSSR count). The number of aliphatic hydroxyl groups excluding tert-OH is 1. The third-order valence-corrected chi connectivity index (χ3v) is 3.65. The van der Waals surface area contributed by atoms with E-state index in [0.29, 0.717) is 31.4 Å². The van der Waals surface area contributed by atoms with Gasteiger partial charge in [-0.25, -0.2) is 0 Å². The molecule has 0 radical (unpaired) electrons. The van der Waals surface area contributed by atoms with E-state index in [1.807, 2.05) is 24.3 Å². The molecule has 116 valence electrons. The van der Waals surface area contributed by atoms with Crippen LogP contribution in [0.15, 0.2) is 24.3 Å². The molecule has 5 nitrogen and oxygen atoms in total. The van der Waals surface area contributed by atoms with E-state index < -0.39 is 0 Å². The first-order chi connectivity index (χ1) is 10.1. The lowest BCUT2D eigenvalue weighted by molar-refractivity contribution is -0.143. The fourth-order valence-electron chi connectivity index (χ4n) is 2.33. The topological polar surface area (TPSA) is 59.0 Å². The maximum atomic E-state index is 12.2. The largest absolute Gasteiger partial charge is 0.484 e. The van der Waals surface area contributed by atoms with E-state index in [1.165, 1.54) is 5.56 Å². The second kappa shape index (κ2) is 7.43. The number of carbonyl (C=O) groups is 1. The lowest BCUT2D eigenvalue weighted by Gasteiger charge is -2.34. The van der Waals surface area contributed by atoms with E-state index in [2.05, 4.69) is 13.8 Å². The van der Waals surface area contributed by atoms with E-state index in [-0.39, 0.29) is 25.2 Å². The van der Waals surface area contributed by atoms with Crippen molar-refractivity contribution in [3.8, 4) is 5.75 Å². The molecular formula is C16H23NO4. The standard InChI is InChI=1S/C16H23NO4/c1-12(2)13-4-3-5-15(8-13)21-11-16(19)17-6-7-20-10-14(17)9-18/h3-5,8,12,14,18H,6-7,9-11H2,1-2H3. The van der Waals surface area contributed by atoms with Gasteiger partial charge in [0.25, 0.3) is 5.91 Å². The summed E-state index contributed by atoms with van der Waals surface area (Å²) in [4.78, 5) is 13.8. The Balaban J connectivity index is 1.92. The van der Waals surface area contributed by atoms with Crippen molar-refractivity contribution in [1.82, 2.24) is 4.90 Å². The highest BCUT2D eigenvalue weighted by molar-refractivity contribution is 5.78. The highest BCUT2D eigenvalue weighted by Gasteiger charge is 2.26. The minimum Gasteiger partial charge on any atom is -0.484 e. The van der Waals surface area contributed by atoms with Crippen LogP contribution in [0.25, 0.3) is 0 Å². The Morgan fingerprint density at radius 2 is 2.33 bits per heavy atom. The number of carbonyl (C=O) groups excluding carboxylic acids is 1. The van der Waals surface area contributed by atoms with Gasteiger partial charge in [0.2, 0.25) is 0 Å². The van der Waals surface area contributed by atoms with Gasteiger partial charge in [0.05, 0.1) is 25.9 Å². The van der Waals surface area contributed by atoms with Gasteiger partial charge in [0.1, 0.15) is 5.75 Å². The molecule has 21 heavy (non-hydrogen) atoms. The summed E-state index contributed by atoms with van der Waals surface area (Å²) in [6.45, 7) is 5.51. The number of hydrogen-bond donors (Lipinski definition) is 1. The molecule has 0 aromatic heterocycles. The summed E-state index contributed by atoms with van der Waals surface area (Å²) in [7, 11) is 0. The number of hydrogen-bond acceptors (Lipinski definition) is 4. The first-order valence-electron chi connectivity index (χ1n) is 7.32. The Kier molecular flexibility index (Phi) is 5.59. The van der Waals surface area contributed by atoms with Crippen LogP contribution in [0.1, 0.15) is 25.3 Å². The SMILES string of the molecule is CC(C)c1cccc(OCC(=O)N2CCOCC2CO)c1. The van der Waals surface area contributed by atoms with Crippen LogP contribution >= 0.6 is 0 Å². The normalized spacial score (nSPS) is 18.9. The number of amides is 1. The number of ether oxygens (including phenoxy) is 2. The molecule has 0 saturated carbocycles. The molecule has 1 N–H and O–H groups in total. The van der Waals surface area contributed by atoms with E-state index in [0.717, 1.165) is 0 Å². The third kappa shape index (κ3) is 4.19. The van der Waals surface area contributed by atoms with E-state index in [9.17, 15) is 9.90 Å². The zero-order chi connectivity index (χ0) is 15.2. The summed E-state index contributed by atoms with van der Waals surface area (Å²) in [5.74, 6) is 0.998. The maximum Gasteiger partial charge on any atom is 0.260 e. The highest BCUT2D eigenvalue weighted by atomic mass is 16.5. The van der Waals surface area contributed by atoms with Crippen LogP contribution in [0.5, 0.6) is 5.75 Å². The minimum absolute atomic E-state index is 0.0158. The van der Waals surface area contributed by atoms with Gasteiger partial charge < -0.3 is 19.5 Å². The summed E-state index contributed by atoms with van der Waals surface area (Å²) in [5, 5.41) is 9.28. The van der Waals surface area contributed by atoms with Gasteiger partial charge in [0.15, 0.2) is 6.61 Å². The van der Waals surface area contributed by atoms with Crippen molar-refractivity contribution in [2.45, 2.75) is 25.8 Å². The average Bonchev–Trinajstić information content (AvgIpc) is 2.52. The van der Waals surface area contributed by atoms with Crippen LogP contribution < -0.4 is 4.74 Å². The molecule has 1 aromatic carbocycles. The van der Waals surface area contributed by atoms with Gasteiger partial charge in [-0.2, -0.15) is 0 Å². The fraction of sp³-hybridized carbons (Fsp3) is 0.562. The Hall–Kier alpha value is -1.59. The molecular weight excluding hydrogens is 270 g/mol. The van der Waals surface area contributed by atoms with Crippen molar-refractivity contribution in [3.05, 3.63) is 29.8 Å². The highest BCUT2D eigenvalue weighted by Crippen LogP contribution is 2.20. The van der Waals surface area contributed by atoms with Crippen molar-refractivity contribution < 1.29 is 19.4 Å². The summed E-state index contributed by atoms with van der Waals surface area (Å²) < 4.78 is 10.9. The molecule has 1 atom stereocenters. The van der Waals surface area contributed by atoms with Crippen molar-refractivity contribution in [1.29, 1.82) is 0 Å². The van der Waals surface area contributed by atoms with Gasteiger partial charge in [-0.1, -0.05) is 26.0 Å². The average molecular weight is 293 g/mol. The molecule has 0 spiro atoms. The van der Waals surface area contributed by atoms with Crippen LogP contribution in [-0.4, -0.2) is 54.9 Å². The molecule has 1 saturated heterocycles. The number of nitrogens with zero attached hydrogens (tertiary/aromatic N) is 1. The number of aliphatic hydroxyl groups is 1. The van der Waals surface area contributed by atoms with Crippen LogP contribution in [-0.2, 0) is 9.53 Å². The maximum absolute atomic E-state index is 12.2. The molecule has 1 unspecified atom stereocenters. The third-order valence-electron chi connectivity index (χ3n) is 3.65. The van der Waals surface area contributed by atoms with Gasteiger partial charge in [-0.05, 0) is 23.6 Å². The molecule has 0 aliphatic carbocycles. The Labute approximate surface area is 125 Å². The summed E-state index contributed by atoms with van der Waals surface area (Å²) in [6, 6.07) is 7.52. The summed E-state index contributed by atoms with van der Waals surface area (Å²) >= 11 is 0.